The van der Waals surface area contributed by atoms with E-state index in [1.165, 1.54) is 5.56 Å². The molecule has 0 saturated carbocycles. The monoisotopic (exact) mass is 343 g/mol. The van der Waals surface area contributed by atoms with Gasteiger partial charge in [0, 0.05) is 43.6 Å². The van der Waals surface area contributed by atoms with E-state index in [9.17, 15) is 4.79 Å². The third-order valence-electron chi connectivity index (χ3n) is 4.04. The maximum atomic E-state index is 11.9. The summed E-state index contributed by atoms with van der Waals surface area (Å²) in [6, 6.07) is 10.4. The number of hydrogen-bond donors (Lipinski definition) is 3. The molecule has 0 aliphatic carbocycles. The van der Waals surface area contributed by atoms with Crippen molar-refractivity contribution in [2.24, 2.45) is 0 Å². The highest BCUT2D eigenvalue weighted by Gasteiger charge is 2.21. The summed E-state index contributed by atoms with van der Waals surface area (Å²) in [6.07, 6.45) is 6.33. The fourth-order valence-corrected chi connectivity index (χ4v) is 2.71. The lowest BCUT2D eigenvalue weighted by Crippen LogP contribution is -2.51. The van der Waals surface area contributed by atoms with E-state index in [1.807, 2.05) is 29.0 Å². The van der Waals surface area contributed by atoms with E-state index in [-0.39, 0.29) is 17.6 Å². The Balaban J connectivity index is 1.65. The molecule has 2 amide bonds. The molecule has 1 atom stereocenters. The standard InChI is InChI=1S/C19H29N5O/c1-16(17-8-5-4-6-9-17)23-19(2,3)14-22-18(25)21-10-7-12-24-13-11-20-15-24/h4-6,8-9,11,13,15-16,23H,7,10,12,14H2,1-3H3,(H2,21,22,25)/t16-/m0/s1. The van der Waals surface area contributed by atoms with Crippen LogP contribution in [0.2, 0.25) is 0 Å². The van der Waals surface area contributed by atoms with Crippen LogP contribution >= 0.6 is 0 Å². The van der Waals surface area contributed by atoms with E-state index in [0.29, 0.717) is 13.1 Å². The number of amides is 2. The number of carbonyl (C=O) groups is 1. The number of imidazole rings is 1. The first-order valence-corrected chi connectivity index (χ1v) is 8.76. The van der Waals surface area contributed by atoms with Gasteiger partial charge in [-0.2, -0.15) is 0 Å². The van der Waals surface area contributed by atoms with Crippen LogP contribution in [0.25, 0.3) is 0 Å². The molecule has 6 nitrogen and oxygen atoms in total. The van der Waals surface area contributed by atoms with Crippen molar-refractivity contribution in [3.63, 3.8) is 0 Å². The number of carbonyl (C=O) groups excluding carboxylic acids is 1. The SMILES string of the molecule is C[C@H](NC(C)(C)CNC(=O)NCCCn1ccnc1)c1ccccc1. The van der Waals surface area contributed by atoms with Gasteiger partial charge >= 0.3 is 6.03 Å². The molecule has 136 valence electrons. The summed E-state index contributed by atoms with van der Waals surface area (Å²) < 4.78 is 2.00. The molecule has 0 saturated heterocycles. The lowest BCUT2D eigenvalue weighted by atomic mass is 10.0. The van der Waals surface area contributed by atoms with E-state index in [2.05, 4.69) is 53.8 Å². The smallest absolute Gasteiger partial charge is 0.314 e. The highest BCUT2D eigenvalue weighted by atomic mass is 16.2. The van der Waals surface area contributed by atoms with Gasteiger partial charge in [-0.15, -0.1) is 0 Å². The van der Waals surface area contributed by atoms with E-state index in [4.69, 9.17) is 0 Å². The van der Waals surface area contributed by atoms with E-state index < -0.39 is 0 Å². The molecule has 6 heteroatoms. The fourth-order valence-electron chi connectivity index (χ4n) is 2.71. The van der Waals surface area contributed by atoms with Gasteiger partial charge in [0.2, 0.25) is 0 Å². The Labute approximate surface area is 150 Å². The largest absolute Gasteiger partial charge is 0.338 e. The normalized spacial score (nSPS) is 12.6. The van der Waals surface area contributed by atoms with Crippen molar-refractivity contribution in [3.8, 4) is 0 Å². The Morgan fingerprint density at radius 1 is 1.24 bits per heavy atom. The summed E-state index contributed by atoms with van der Waals surface area (Å²) in [6.45, 7) is 8.35. The second-order valence-electron chi connectivity index (χ2n) is 6.92. The molecule has 2 aromatic rings. The lowest BCUT2D eigenvalue weighted by molar-refractivity contribution is 0.234. The van der Waals surface area contributed by atoms with Crippen molar-refractivity contribution in [1.82, 2.24) is 25.5 Å². The van der Waals surface area contributed by atoms with Gasteiger partial charge in [-0.25, -0.2) is 9.78 Å². The van der Waals surface area contributed by atoms with Crippen molar-refractivity contribution in [2.75, 3.05) is 13.1 Å². The maximum Gasteiger partial charge on any atom is 0.314 e. The predicted octanol–water partition coefficient (Wildman–Crippen LogP) is 2.70. The third kappa shape index (κ3) is 6.97. The predicted molar refractivity (Wildman–Crippen MR) is 100 cm³/mol. The van der Waals surface area contributed by atoms with Crippen LogP contribution in [0.15, 0.2) is 49.1 Å². The van der Waals surface area contributed by atoms with Crippen LogP contribution in [0.1, 0.15) is 38.8 Å². The second kappa shape index (κ2) is 9.22. The van der Waals surface area contributed by atoms with Crippen LogP contribution < -0.4 is 16.0 Å². The molecule has 0 aliphatic rings. The van der Waals surface area contributed by atoms with Crippen LogP contribution in [0, 0.1) is 0 Å². The summed E-state index contributed by atoms with van der Waals surface area (Å²) >= 11 is 0. The van der Waals surface area contributed by atoms with E-state index >= 15 is 0 Å². The molecule has 3 N–H and O–H groups in total. The summed E-state index contributed by atoms with van der Waals surface area (Å²) in [7, 11) is 0. The van der Waals surface area contributed by atoms with Gasteiger partial charge in [0.1, 0.15) is 0 Å². The van der Waals surface area contributed by atoms with Gasteiger partial charge in [0.15, 0.2) is 0 Å². The lowest BCUT2D eigenvalue weighted by Gasteiger charge is -2.30. The number of nitrogens with one attached hydrogen (secondary N) is 3. The zero-order chi connectivity index (χ0) is 18.1. The molecule has 1 aromatic carbocycles. The number of aromatic nitrogens is 2. The summed E-state index contributed by atoms with van der Waals surface area (Å²) in [5, 5.41) is 9.39. The Morgan fingerprint density at radius 3 is 2.68 bits per heavy atom. The topological polar surface area (TPSA) is 71.0 Å². The van der Waals surface area contributed by atoms with Gasteiger partial charge in [-0.1, -0.05) is 30.3 Å². The number of aryl methyl sites for hydroxylation is 1. The molecule has 0 spiro atoms. The third-order valence-corrected chi connectivity index (χ3v) is 4.04. The molecule has 25 heavy (non-hydrogen) atoms. The van der Waals surface area contributed by atoms with Gasteiger partial charge in [-0.3, -0.25) is 0 Å². The van der Waals surface area contributed by atoms with E-state index in [1.54, 1.807) is 12.5 Å². The van der Waals surface area contributed by atoms with Crippen LogP contribution in [0.4, 0.5) is 4.79 Å². The Kier molecular flexibility index (Phi) is 7.01. The molecule has 0 fully saturated rings. The maximum absolute atomic E-state index is 11.9. The molecule has 1 heterocycles. The van der Waals surface area contributed by atoms with Gasteiger partial charge in [0.25, 0.3) is 0 Å². The molecule has 0 radical (unpaired) electrons. The zero-order valence-corrected chi connectivity index (χ0v) is 15.3. The molecular weight excluding hydrogens is 314 g/mol. The van der Waals surface area contributed by atoms with Crippen molar-refractivity contribution < 1.29 is 4.79 Å². The first-order valence-electron chi connectivity index (χ1n) is 8.76. The first-order chi connectivity index (χ1) is 12.0. The highest BCUT2D eigenvalue weighted by molar-refractivity contribution is 5.73. The van der Waals surface area contributed by atoms with Crippen molar-refractivity contribution in [2.45, 2.75) is 45.3 Å². The molecule has 0 bridgehead atoms. The minimum atomic E-state index is -0.205. The highest BCUT2D eigenvalue weighted by Crippen LogP contribution is 2.15. The average molecular weight is 343 g/mol. The van der Waals surface area contributed by atoms with Crippen LogP contribution in [-0.4, -0.2) is 34.2 Å². The van der Waals surface area contributed by atoms with Crippen molar-refractivity contribution >= 4 is 6.03 Å². The summed E-state index contributed by atoms with van der Waals surface area (Å²) in [5.41, 5.74) is 1.03. The Hall–Kier alpha value is -2.34. The second-order valence-corrected chi connectivity index (χ2v) is 6.92. The minimum Gasteiger partial charge on any atom is -0.338 e. The Morgan fingerprint density at radius 2 is 2.00 bits per heavy atom. The Bertz CT molecular complexity index is 625. The van der Waals surface area contributed by atoms with Gasteiger partial charge < -0.3 is 20.5 Å². The number of urea groups is 1. The quantitative estimate of drug-likeness (QED) is 0.613. The summed E-state index contributed by atoms with van der Waals surface area (Å²) in [5.74, 6) is 0. The zero-order valence-electron chi connectivity index (χ0n) is 15.3. The van der Waals surface area contributed by atoms with E-state index in [0.717, 1.165) is 13.0 Å². The fraction of sp³-hybridized carbons (Fsp3) is 0.474. The number of benzene rings is 1. The molecule has 1 aromatic heterocycles. The molecule has 0 aliphatic heterocycles. The number of nitrogens with zero attached hydrogens (tertiary/aromatic N) is 2. The van der Waals surface area contributed by atoms with Crippen LogP contribution in [0.3, 0.4) is 0 Å². The van der Waals surface area contributed by atoms with Gasteiger partial charge in [-0.05, 0) is 32.8 Å². The average Bonchev–Trinajstić information content (AvgIpc) is 3.11. The number of rotatable bonds is 9. The first kappa shape index (κ1) is 19.0. The number of hydrogen-bond acceptors (Lipinski definition) is 3. The van der Waals surface area contributed by atoms with Crippen LogP contribution in [-0.2, 0) is 6.54 Å². The van der Waals surface area contributed by atoms with Gasteiger partial charge in [0.05, 0.1) is 6.33 Å². The van der Waals surface area contributed by atoms with Crippen molar-refractivity contribution in [3.05, 3.63) is 54.6 Å². The molecular formula is C19H29N5O. The van der Waals surface area contributed by atoms with Crippen LogP contribution in [0.5, 0.6) is 0 Å². The summed E-state index contributed by atoms with van der Waals surface area (Å²) in [4.78, 5) is 15.9. The molecule has 0 unspecified atom stereocenters. The molecule has 2 rings (SSSR count). The minimum absolute atomic E-state index is 0.132. The van der Waals surface area contributed by atoms with Crippen molar-refractivity contribution in [1.29, 1.82) is 0 Å².